The van der Waals surface area contributed by atoms with Gasteiger partial charge in [-0.2, -0.15) is 26.7 Å². The van der Waals surface area contributed by atoms with E-state index in [1.54, 1.807) is 31.2 Å². The number of rotatable bonds is 12. The molecule has 0 radical (unpaired) electrons. The number of aromatic nitrogens is 3. The molecule has 1 saturated heterocycles. The highest BCUT2D eigenvalue weighted by molar-refractivity contribution is 7.86. The average Bonchev–Trinajstić information content (AvgIpc) is 3.48. The smallest absolute Gasteiger partial charge is 0.383 e. The van der Waals surface area contributed by atoms with E-state index in [-0.39, 0.29) is 18.0 Å². The van der Waals surface area contributed by atoms with Gasteiger partial charge in [0.05, 0.1) is 24.7 Å². The quantitative estimate of drug-likeness (QED) is 0.167. The highest BCUT2D eigenvalue weighted by atomic mass is 32.2. The zero-order valence-corrected chi connectivity index (χ0v) is 24.2. The van der Waals surface area contributed by atoms with Crippen LogP contribution >= 0.6 is 0 Å². The molecular formula is C29H30F5N3O6S. The van der Waals surface area contributed by atoms with Crippen molar-refractivity contribution in [3.05, 3.63) is 96.1 Å². The van der Waals surface area contributed by atoms with Crippen molar-refractivity contribution in [2.24, 2.45) is 11.8 Å². The SMILES string of the molecule is CC(CC1COC(C=CC=Cc2ccc(S(=O)(=O)OCC(F)(F)F)cc2)OC1)C(O)(Cn1cncn1)c1ccc(F)cc1F. The third kappa shape index (κ3) is 9.01. The summed E-state index contributed by atoms with van der Waals surface area (Å²) in [6.45, 7) is 0.331. The van der Waals surface area contributed by atoms with Gasteiger partial charge < -0.3 is 14.6 Å². The van der Waals surface area contributed by atoms with Gasteiger partial charge in [0, 0.05) is 17.5 Å². The Labute approximate surface area is 250 Å². The molecule has 2 aromatic carbocycles. The van der Waals surface area contributed by atoms with Crippen molar-refractivity contribution in [1.82, 2.24) is 14.8 Å². The van der Waals surface area contributed by atoms with Crippen LogP contribution in [0.3, 0.4) is 0 Å². The summed E-state index contributed by atoms with van der Waals surface area (Å²) >= 11 is 0. The summed E-state index contributed by atoms with van der Waals surface area (Å²) in [6, 6.07) is 8.15. The molecule has 1 N–H and O–H groups in total. The molecule has 238 valence electrons. The number of allylic oxidation sites excluding steroid dienone is 2. The molecule has 0 saturated carbocycles. The van der Waals surface area contributed by atoms with Crippen LogP contribution in [0.5, 0.6) is 0 Å². The molecule has 1 aliphatic heterocycles. The monoisotopic (exact) mass is 643 g/mol. The molecule has 2 heterocycles. The van der Waals surface area contributed by atoms with E-state index in [2.05, 4.69) is 14.3 Å². The van der Waals surface area contributed by atoms with E-state index in [9.17, 15) is 35.5 Å². The molecule has 0 amide bonds. The van der Waals surface area contributed by atoms with Gasteiger partial charge in [0.1, 0.15) is 29.9 Å². The van der Waals surface area contributed by atoms with Crippen LogP contribution in [0.2, 0.25) is 0 Å². The summed E-state index contributed by atoms with van der Waals surface area (Å²) in [6.07, 6.45) is 4.24. The van der Waals surface area contributed by atoms with Gasteiger partial charge in [-0.15, -0.1) is 0 Å². The van der Waals surface area contributed by atoms with Crippen molar-refractivity contribution >= 4 is 16.2 Å². The fourth-order valence-corrected chi connectivity index (χ4v) is 5.58. The first kappa shape index (κ1) is 33.4. The second-order valence-corrected chi connectivity index (χ2v) is 11.9. The second-order valence-electron chi connectivity index (χ2n) is 10.3. The first-order valence-corrected chi connectivity index (χ1v) is 14.8. The average molecular weight is 644 g/mol. The molecule has 1 fully saturated rings. The predicted octanol–water partition coefficient (Wildman–Crippen LogP) is 5.00. The summed E-state index contributed by atoms with van der Waals surface area (Å²) in [7, 11) is -4.54. The highest BCUT2D eigenvalue weighted by Gasteiger charge is 2.40. The maximum Gasteiger partial charge on any atom is 0.413 e. The number of benzene rings is 2. The van der Waals surface area contributed by atoms with Gasteiger partial charge in [0.15, 0.2) is 12.9 Å². The van der Waals surface area contributed by atoms with Crippen LogP contribution in [-0.2, 0) is 35.9 Å². The Balaban J connectivity index is 1.30. The Kier molecular flexibility index (Phi) is 10.7. The molecule has 0 bridgehead atoms. The van der Waals surface area contributed by atoms with Crippen molar-refractivity contribution in [2.45, 2.75) is 42.9 Å². The zero-order chi connectivity index (χ0) is 32.0. The molecule has 2 atom stereocenters. The van der Waals surface area contributed by atoms with Crippen LogP contribution in [-0.4, -0.2) is 60.6 Å². The van der Waals surface area contributed by atoms with Crippen molar-refractivity contribution in [3.8, 4) is 0 Å². The molecule has 4 rings (SSSR count). The summed E-state index contributed by atoms with van der Waals surface area (Å²) in [4.78, 5) is 3.47. The molecule has 0 aliphatic carbocycles. The molecule has 0 spiro atoms. The molecular weight excluding hydrogens is 613 g/mol. The number of alkyl halides is 3. The van der Waals surface area contributed by atoms with Gasteiger partial charge in [-0.1, -0.05) is 43.4 Å². The Hall–Kier alpha value is -3.50. The van der Waals surface area contributed by atoms with Gasteiger partial charge in [-0.05, 0) is 42.2 Å². The normalized spacial score (nSPS) is 20.2. The van der Waals surface area contributed by atoms with E-state index >= 15 is 0 Å². The van der Waals surface area contributed by atoms with Gasteiger partial charge in [-0.3, -0.25) is 4.18 Å². The lowest BCUT2D eigenvalue weighted by molar-refractivity contribution is -0.181. The van der Waals surface area contributed by atoms with Crippen LogP contribution in [0.25, 0.3) is 6.08 Å². The number of hydrogen-bond acceptors (Lipinski definition) is 8. The van der Waals surface area contributed by atoms with Gasteiger partial charge in [-0.25, -0.2) is 18.4 Å². The van der Waals surface area contributed by atoms with E-state index in [0.717, 1.165) is 24.3 Å². The van der Waals surface area contributed by atoms with Crippen LogP contribution in [0.1, 0.15) is 24.5 Å². The molecule has 44 heavy (non-hydrogen) atoms. The second kappa shape index (κ2) is 14.1. The zero-order valence-electron chi connectivity index (χ0n) is 23.4. The number of halogens is 5. The van der Waals surface area contributed by atoms with Crippen LogP contribution in [0.4, 0.5) is 22.0 Å². The lowest BCUT2D eigenvalue weighted by atomic mass is 9.77. The van der Waals surface area contributed by atoms with Crippen molar-refractivity contribution < 1.29 is 49.1 Å². The van der Waals surface area contributed by atoms with E-state index < -0.39 is 57.2 Å². The van der Waals surface area contributed by atoms with Crippen LogP contribution in [0, 0.1) is 23.5 Å². The van der Waals surface area contributed by atoms with Crippen molar-refractivity contribution in [2.75, 3.05) is 19.8 Å². The molecule has 2 unspecified atom stereocenters. The van der Waals surface area contributed by atoms with E-state index in [1.165, 1.54) is 35.5 Å². The van der Waals surface area contributed by atoms with E-state index in [1.807, 2.05) is 0 Å². The van der Waals surface area contributed by atoms with Gasteiger partial charge in [0.25, 0.3) is 10.1 Å². The number of aliphatic hydroxyl groups is 1. The largest absolute Gasteiger partial charge is 0.413 e. The third-order valence-electron chi connectivity index (χ3n) is 6.98. The maximum atomic E-state index is 14.8. The van der Waals surface area contributed by atoms with Gasteiger partial charge in [0.2, 0.25) is 0 Å². The Bertz CT molecular complexity index is 1540. The summed E-state index contributed by atoms with van der Waals surface area (Å²) in [5.74, 6) is -2.28. The van der Waals surface area contributed by atoms with Crippen molar-refractivity contribution in [1.29, 1.82) is 0 Å². The van der Waals surface area contributed by atoms with Gasteiger partial charge >= 0.3 is 6.18 Å². The first-order chi connectivity index (χ1) is 20.7. The Morgan fingerprint density at radius 2 is 1.82 bits per heavy atom. The first-order valence-electron chi connectivity index (χ1n) is 13.4. The van der Waals surface area contributed by atoms with E-state index in [4.69, 9.17) is 9.47 Å². The molecule has 9 nitrogen and oxygen atoms in total. The minimum absolute atomic E-state index is 0.0572. The molecule has 3 aromatic rings. The van der Waals surface area contributed by atoms with Crippen LogP contribution < -0.4 is 0 Å². The lowest BCUT2D eigenvalue weighted by Gasteiger charge is -2.38. The highest BCUT2D eigenvalue weighted by Crippen LogP contribution is 2.37. The molecule has 15 heteroatoms. The fraction of sp³-hybridized carbons (Fsp3) is 0.379. The van der Waals surface area contributed by atoms with Crippen molar-refractivity contribution in [3.63, 3.8) is 0 Å². The Morgan fingerprint density at radius 3 is 2.43 bits per heavy atom. The third-order valence-corrected chi connectivity index (χ3v) is 8.25. The summed E-state index contributed by atoms with van der Waals surface area (Å²) in [5.41, 5.74) is -1.20. The molecule has 1 aliphatic rings. The lowest BCUT2D eigenvalue weighted by Crippen LogP contribution is -2.42. The number of hydrogen-bond donors (Lipinski definition) is 1. The van der Waals surface area contributed by atoms with E-state index in [0.29, 0.717) is 25.2 Å². The molecule has 1 aromatic heterocycles. The topological polar surface area (TPSA) is 113 Å². The minimum Gasteiger partial charge on any atom is -0.383 e. The minimum atomic E-state index is -4.77. The maximum absolute atomic E-state index is 14.8. The predicted molar refractivity (Wildman–Crippen MR) is 147 cm³/mol. The fourth-order valence-electron chi connectivity index (χ4n) is 4.69. The summed E-state index contributed by atoms with van der Waals surface area (Å²) < 4.78 is 106. The van der Waals surface area contributed by atoms with Crippen LogP contribution in [0.15, 0.2) is 78.2 Å². The summed E-state index contributed by atoms with van der Waals surface area (Å²) in [5, 5.41) is 15.7. The number of ether oxygens (including phenoxy) is 2. The number of nitrogens with zero attached hydrogens (tertiary/aromatic N) is 3. The standard InChI is InChI=1S/C29H30F5N3O6S/c1-20(28(38,16-37-19-35-18-36-37)25-11-8-23(30)13-26(25)31)12-22-14-41-27(42-15-22)5-3-2-4-21-6-9-24(10-7-21)44(39,40)43-17-29(32,33)34/h2-11,13,18-20,22,27,38H,12,14-17H2,1H3. The Morgan fingerprint density at radius 1 is 1.11 bits per heavy atom.